The molecule has 0 atom stereocenters. The summed E-state index contributed by atoms with van der Waals surface area (Å²) in [5.41, 5.74) is 1.23. The molecular formula is C15H13ClO3. The van der Waals surface area contributed by atoms with E-state index in [0.717, 1.165) is 5.56 Å². The summed E-state index contributed by atoms with van der Waals surface area (Å²) in [6, 6.07) is 12.3. The van der Waals surface area contributed by atoms with Gasteiger partial charge in [0.1, 0.15) is 17.1 Å². The minimum absolute atomic E-state index is 0.415. The van der Waals surface area contributed by atoms with Crippen molar-refractivity contribution in [2.45, 2.75) is 6.92 Å². The molecule has 0 aromatic heterocycles. The van der Waals surface area contributed by atoms with E-state index in [4.69, 9.17) is 21.1 Å². The van der Waals surface area contributed by atoms with Crippen LogP contribution in [0.25, 0.3) is 0 Å². The highest BCUT2D eigenvalue weighted by molar-refractivity contribution is 6.30. The summed E-state index contributed by atoms with van der Waals surface area (Å²) in [6.45, 7) is 1.83. The van der Waals surface area contributed by atoms with Crippen LogP contribution in [0.5, 0.6) is 11.5 Å². The second-order valence-corrected chi connectivity index (χ2v) is 4.43. The van der Waals surface area contributed by atoms with Gasteiger partial charge in [0, 0.05) is 5.02 Å². The molecule has 0 aliphatic carbocycles. The Morgan fingerprint density at radius 2 is 1.79 bits per heavy atom. The van der Waals surface area contributed by atoms with Crippen molar-refractivity contribution in [1.82, 2.24) is 0 Å². The number of benzene rings is 2. The number of methoxy groups -OCH3 is 1. The van der Waals surface area contributed by atoms with Crippen LogP contribution in [0.3, 0.4) is 0 Å². The fourth-order valence-corrected chi connectivity index (χ4v) is 1.85. The van der Waals surface area contributed by atoms with Gasteiger partial charge >= 0.3 is 5.97 Å². The average molecular weight is 277 g/mol. The van der Waals surface area contributed by atoms with Gasteiger partial charge in [-0.05, 0) is 42.8 Å². The Balaban J connectivity index is 2.37. The van der Waals surface area contributed by atoms with E-state index in [0.29, 0.717) is 22.1 Å². The van der Waals surface area contributed by atoms with Crippen LogP contribution in [-0.2, 0) is 4.74 Å². The van der Waals surface area contributed by atoms with Crippen molar-refractivity contribution in [3.63, 3.8) is 0 Å². The van der Waals surface area contributed by atoms with Gasteiger partial charge in [-0.15, -0.1) is 0 Å². The first-order chi connectivity index (χ1) is 9.11. The van der Waals surface area contributed by atoms with Gasteiger partial charge in [0.25, 0.3) is 0 Å². The van der Waals surface area contributed by atoms with E-state index in [-0.39, 0.29) is 0 Å². The number of hydrogen-bond acceptors (Lipinski definition) is 3. The zero-order chi connectivity index (χ0) is 13.8. The lowest BCUT2D eigenvalue weighted by Gasteiger charge is -2.12. The molecule has 4 heteroatoms. The van der Waals surface area contributed by atoms with Crippen LogP contribution >= 0.6 is 11.6 Å². The zero-order valence-electron chi connectivity index (χ0n) is 10.6. The first-order valence-corrected chi connectivity index (χ1v) is 6.11. The smallest absolute Gasteiger partial charge is 0.341 e. The third-order valence-corrected chi connectivity index (χ3v) is 2.92. The van der Waals surface area contributed by atoms with E-state index in [2.05, 4.69) is 0 Å². The fraction of sp³-hybridized carbons (Fsp3) is 0.133. The average Bonchev–Trinajstić information content (AvgIpc) is 2.41. The quantitative estimate of drug-likeness (QED) is 0.787. The van der Waals surface area contributed by atoms with Crippen molar-refractivity contribution in [3.8, 4) is 11.5 Å². The third-order valence-electron chi connectivity index (χ3n) is 2.67. The largest absolute Gasteiger partial charge is 0.465 e. The second kappa shape index (κ2) is 5.76. The molecule has 19 heavy (non-hydrogen) atoms. The predicted molar refractivity (Wildman–Crippen MR) is 74.0 cm³/mol. The lowest BCUT2D eigenvalue weighted by molar-refractivity contribution is 0.0597. The maximum absolute atomic E-state index is 11.8. The molecule has 0 spiro atoms. The predicted octanol–water partition coefficient (Wildman–Crippen LogP) is 4.23. The van der Waals surface area contributed by atoms with Crippen molar-refractivity contribution in [2.24, 2.45) is 0 Å². The number of carbonyl (C=O) groups excluding carboxylic acids is 1. The Morgan fingerprint density at radius 1 is 1.11 bits per heavy atom. The fourth-order valence-electron chi connectivity index (χ4n) is 1.72. The van der Waals surface area contributed by atoms with Crippen molar-refractivity contribution in [3.05, 3.63) is 58.6 Å². The van der Waals surface area contributed by atoms with Gasteiger partial charge < -0.3 is 9.47 Å². The van der Waals surface area contributed by atoms with Gasteiger partial charge in [-0.3, -0.25) is 0 Å². The summed E-state index contributed by atoms with van der Waals surface area (Å²) < 4.78 is 10.5. The molecule has 0 amide bonds. The molecule has 2 rings (SSSR count). The number of hydrogen-bond donors (Lipinski definition) is 0. The van der Waals surface area contributed by atoms with Crippen LogP contribution in [0.15, 0.2) is 42.5 Å². The molecule has 3 nitrogen and oxygen atoms in total. The normalized spacial score (nSPS) is 10.1. The maximum Gasteiger partial charge on any atom is 0.341 e. The Morgan fingerprint density at radius 3 is 2.42 bits per heavy atom. The standard InChI is InChI=1S/C15H13ClO3/c1-10-4-3-5-13(14(10)15(17)18-2)19-12-8-6-11(16)7-9-12/h3-9H,1-2H3. The van der Waals surface area contributed by atoms with E-state index < -0.39 is 5.97 Å². The minimum atomic E-state index is -0.415. The SMILES string of the molecule is COC(=O)c1c(C)cccc1Oc1ccc(Cl)cc1. The van der Waals surface area contributed by atoms with Crippen LogP contribution in [0, 0.1) is 6.92 Å². The molecule has 0 saturated heterocycles. The van der Waals surface area contributed by atoms with Gasteiger partial charge in [0.05, 0.1) is 7.11 Å². The Labute approximate surface area is 116 Å². The summed E-state index contributed by atoms with van der Waals surface area (Å²) in [7, 11) is 1.35. The molecule has 0 heterocycles. The van der Waals surface area contributed by atoms with Gasteiger partial charge in [0.15, 0.2) is 0 Å². The summed E-state index contributed by atoms with van der Waals surface area (Å²) in [5, 5.41) is 0.629. The number of aryl methyl sites for hydroxylation is 1. The van der Waals surface area contributed by atoms with Crippen LogP contribution in [0.4, 0.5) is 0 Å². The highest BCUT2D eigenvalue weighted by Crippen LogP contribution is 2.28. The van der Waals surface area contributed by atoms with E-state index in [1.807, 2.05) is 19.1 Å². The van der Waals surface area contributed by atoms with Gasteiger partial charge in [-0.25, -0.2) is 4.79 Å². The minimum Gasteiger partial charge on any atom is -0.465 e. The number of halogens is 1. The number of carbonyl (C=O) groups is 1. The van der Waals surface area contributed by atoms with Gasteiger partial charge in [0.2, 0.25) is 0 Å². The molecule has 0 bridgehead atoms. The molecule has 0 fully saturated rings. The van der Waals surface area contributed by atoms with Gasteiger partial charge in [-0.2, -0.15) is 0 Å². The van der Waals surface area contributed by atoms with Crippen LogP contribution < -0.4 is 4.74 Å². The topological polar surface area (TPSA) is 35.5 Å². The zero-order valence-corrected chi connectivity index (χ0v) is 11.4. The molecule has 0 saturated carbocycles. The molecule has 0 aliphatic heterocycles. The molecule has 2 aromatic rings. The lowest BCUT2D eigenvalue weighted by Crippen LogP contribution is -2.06. The molecule has 0 N–H and O–H groups in total. The summed E-state index contributed by atoms with van der Waals surface area (Å²) in [4.78, 5) is 11.8. The van der Waals surface area contributed by atoms with Crippen molar-refractivity contribution < 1.29 is 14.3 Å². The van der Waals surface area contributed by atoms with Crippen molar-refractivity contribution >= 4 is 17.6 Å². The monoisotopic (exact) mass is 276 g/mol. The molecule has 98 valence electrons. The first-order valence-electron chi connectivity index (χ1n) is 5.73. The number of rotatable bonds is 3. The summed E-state index contributed by atoms with van der Waals surface area (Å²) in [6.07, 6.45) is 0. The number of ether oxygens (including phenoxy) is 2. The van der Waals surface area contributed by atoms with Crippen LogP contribution in [0.1, 0.15) is 15.9 Å². The Hall–Kier alpha value is -2.00. The first kappa shape index (κ1) is 13.4. The molecule has 2 aromatic carbocycles. The maximum atomic E-state index is 11.8. The van der Waals surface area contributed by atoms with Gasteiger partial charge in [-0.1, -0.05) is 23.7 Å². The van der Waals surface area contributed by atoms with Crippen LogP contribution in [0.2, 0.25) is 5.02 Å². The van der Waals surface area contributed by atoms with E-state index in [1.54, 1.807) is 30.3 Å². The van der Waals surface area contributed by atoms with E-state index in [9.17, 15) is 4.79 Å². The van der Waals surface area contributed by atoms with Crippen LogP contribution in [-0.4, -0.2) is 13.1 Å². The van der Waals surface area contributed by atoms with E-state index >= 15 is 0 Å². The third kappa shape index (κ3) is 3.06. The molecule has 0 aliphatic rings. The molecule has 0 unspecified atom stereocenters. The molecular weight excluding hydrogens is 264 g/mol. The second-order valence-electron chi connectivity index (χ2n) is 4.00. The number of esters is 1. The van der Waals surface area contributed by atoms with Crippen molar-refractivity contribution in [1.29, 1.82) is 0 Å². The molecule has 0 radical (unpaired) electrons. The Kier molecular flexibility index (Phi) is 4.07. The summed E-state index contributed by atoms with van der Waals surface area (Å²) >= 11 is 5.81. The summed E-state index contributed by atoms with van der Waals surface area (Å²) in [5.74, 6) is 0.663. The highest BCUT2D eigenvalue weighted by atomic mass is 35.5. The van der Waals surface area contributed by atoms with E-state index in [1.165, 1.54) is 7.11 Å². The highest BCUT2D eigenvalue weighted by Gasteiger charge is 2.16. The Bertz CT molecular complexity index is 591. The van der Waals surface area contributed by atoms with Crippen molar-refractivity contribution in [2.75, 3.05) is 7.11 Å². The lowest BCUT2D eigenvalue weighted by atomic mass is 10.1.